The van der Waals surface area contributed by atoms with Crippen molar-refractivity contribution in [1.82, 2.24) is 10.6 Å². The minimum Gasteiger partial charge on any atom is -0.494 e. The van der Waals surface area contributed by atoms with Crippen LogP contribution in [0.2, 0.25) is 0 Å². The minimum absolute atomic E-state index is 0. The average Bonchev–Trinajstić information content (AvgIpc) is 2.46. The SMILES string of the molecule is C=CCNC(=NCCCOc1ccc(F)cc1)NCC.I. The van der Waals surface area contributed by atoms with E-state index in [9.17, 15) is 4.39 Å². The van der Waals surface area contributed by atoms with Crippen LogP contribution in [-0.2, 0) is 0 Å². The van der Waals surface area contributed by atoms with Crippen molar-refractivity contribution < 1.29 is 9.13 Å². The highest BCUT2D eigenvalue weighted by Gasteiger charge is 1.96. The number of halogens is 2. The Balaban J connectivity index is 0.00000400. The summed E-state index contributed by atoms with van der Waals surface area (Å²) in [4.78, 5) is 4.40. The summed E-state index contributed by atoms with van der Waals surface area (Å²) in [5.74, 6) is 1.19. The number of hydrogen-bond acceptors (Lipinski definition) is 2. The third-order valence-electron chi connectivity index (χ3n) is 2.41. The van der Waals surface area contributed by atoms with E-state index in [2.05, 4.69) is 22.2 Å². The quantitative estimate of drug-likeness (QED) is 0.229. The Hall–Kier alpha value is -1.31. The molecule has 118 valence electrons. The molecular formula is C15H23FIN3O. The molecule has 0 spiro atoms. The molecule has 0 radical (unpaired) electrons. The van der Waals surface area contributed by atoms with Crippen molar-refractivity contribution in [2.24, 2.45) is 4.99 Å². The predicted octanol–water partition coefficient (Wildman–Crippen LogP) is 2.95. The maximum absolute atomic E-state index is 12.7. The Bertz CT molecular complexity index is 423. The van der Waals surface area contributed by atoms with Gasteiger partial charge in [-0.3, -0.25) is 4.99 Å². The van der Waals surface area contributed by atoms with E-state index in [-0.39, 0.29) is 29.8 Å². The predicted molar refractivity (Wildman–Crippen MR) is 96.1 cm³/mol. The summed E-state index contributed by atoms with van der Waals surface area (Å²) in [5, 5.41) is 6.26. The van der Waals surface area contributed by atoms with E-state index in [4.69, 9.17) is 4.74 Å². The highest BCUT2D eigenvalue weighted by molar-refractivity contribution is 14.0. The number of rotatable bonds is 8. The Kier molecular flexibility index (Phi) is 11.7. The second-order valence-electron chi connectivity index (χ2n) is 4.09. The third-order valence-corrected chi connectivity index (χ3v) is 2.41. The molecule has 0 heterocycles. The van der Waals surface area contributed by atoms with Gasteiger partial charge in [0.25, 0.3) is 0 Å². The first-order valence-electron chi connectivity index (χ1n) is 6.77. The Labute approximate surface area is 142 Å². The van der Waals surface area contributed by atoms with Crippen LogP contribution in [0.15, 0.2) is 41.9 Å². The molecule has 0 fully saturated rings. The minimum atomic E-state index is -0.259. The number of ether oxygens (including phenoxy) is 1. The van der Waals surface area contributed by atoms with E-state index in [0.717, 1.165) is 18.9 Å². The van der Waals surface area contributed by atoms with Gasteiger partial charge >= 0.3 is 0 Å². The van der Waals surface area contributed by atoms with Crippen molar-refractivity contribution in [2.75, 3.05) is 26.2 Å². The van der Waals surface area contributed by atoms with Crippen LogP contribution in [0.4, 0.5) is 4.39 Å². The van der Waals surface area contributed by atoms with Gasteiger partial charge in [-0.1, -0.05) is 6.08 Å². The summed E-state index contributed by atoms with van der Waals surface area (Å²) in [7, 11) is 0. The molecule has 0 aliphatic carbocycles. The molecule has 0 bridgehead atoms. The van der Waals surface area contributed by atoms with Gasteiger partial charge in [-0.15, -0.1) is 30.6 Å². The zero-order valence-electron chi connectivity index (χ0n) is 12.3. The number of guanidine groups is 1. The number of nitrogens with one attached hydrogen (secondary N) is 2. The Morgan fingerprint density at radius 3 is 2.67 bits per heavy atom. The summed E-state index contributed by atoms with van der Waals surface area (Å²) in [5.41, 5.74) is 0. The first-order chi connectivity index (χ1) is 9.76. The lowest BCUT2D eigenvalue weighted by Gasteiger charge is -2.09. The summed E-state index contributed by atoms with van der Waals surface area (Å²) < 4.78 is 18.2. The summed E-state index contributed by atoms with van der Waals surface area (Å²) in [6.45, 7) is 8.37. The van der Waals surface area contributed by atoms with E-state index in [1.165, 1.54) is 12.1 Å². The molecule has 0 aliphatic heterocycles. The molecule has 1 aromatic carbocycles. The normalized spacial score (nSPS) is 10.5. The summed E-state index contributed by atoms with van der Waals surface area (Å²) in [6, 6.07) is 6.01. The van der Waals surface area contributed by atoms with Crippen molar-refractivity contribution >= 4 is 29.9 Å². The first kappa shape index (κ1) is 19.7. The zero-order chi connectivity index (χ0) is 14.6. The summed E-state index contributed by atoms with van der Waals surface area (Å²) in [6.07, 6.45) is 2.58. The zero-order valence-corrected chi connectivity index (χ0v) is 14.6. The molecule has 0 saturated carbocycles. The van der Waals surface area contributed by atoms with Gasteiger partial charge in [-0.25, -0.2) is 4.39 Å². The van der Waals surface area contributed by atoms with Crippen LogP contribution in [-0.4, -0.2) is 32.2 Å². The molecule has 6 heteroatoms. The van der Waals surface area contributed by atoms with Crippen LogP contribution < -0.4 is 15.4 Å². The average molecular weight is 407 g/mol. The van der Waals surface area contributed by atoms with Gasteiger partial charge in [0.2, 0.25) is 0 Å². The van der Waals surface area contributed by atoms with Crippen molar-refractivity contribution in [2.45, 2.75) is 13.3 Å². The van der Waals surface area contributed by atoms with Crippen LogP contribution in [0.1, 0.15) is 13.3 Å². The van der Waals surface area contributed by atoms with Gasteiger partial charge in [-0.05, 0) is 31.2 Å². The van der Waals surface area contributed by atoms with Crippen molar-refractivity contribution in [1.29, 1.82) is 0 Å². The summed E-state index contributed by atoms with van der Waals surface area (Å²) >= 11 is 0. The Morgan fingerprint density at radius 1 is 1.33 bits per heavy atom. The van der Waals surface area contributed by atoms with Crippen LogP contribution >= 0.6 is 24.0 Å². The lowest BCUT2D eigenvalue weighted by molar-refractivity contribution is 0.313. The molecule has 0 saturated heterocycles. The largest absolute Gasteiger partial charge is 0.494 e. The standard InChI is InChI=1S/C15H22FN3O.HI/c1-3-10-18-15(17-4-2)19-11-5-12-20-14-8-6-13(16)7-9-14;/h3,6-9H,1,4-5,10-12H2,2H3,(H2,17,18,19);1H. The first-order valence-corrected chi connectivity index (χ1v) is 6.77. The number of nitrogens with zero attached hydrogens (tertiary/aromatic N) is 1. The van der Waals surface area contributed by atoms with Crippen molar-refractivity contribution in [3.8, 4) is 5.75 Å². The fourth-order valence-electron chi connectivity index (χ4n) is 1.49. The van der Waals surface area contributed by atoms with E-state index in [1.54, 1.807) is 18.2 Å². The van der Waals surface area contributed by atoms with E-state index in [1.807, 2.05) is 6.92 Å². The van der Waals surface area contributed by atoms with Gasteiger partial charge in [0.05, 0.1) is 6.61 Å². The van der Waals surface area contributed by atoms with E-state index in [0.29, 0.717) is 25.4 Å². The molecule has 0 unspecified atom stereocenters. The molecule has 2 N–H and O–H groups in total. The molecule has 1 rings (SSSR count). The number of aliphatic imine (C=N–C) groups is 1. The second kappa shape index (κ2) is 12.4. The fourth-order valence-corrected chi connectivity index (χ4v) is 1.49. The van der Waals surface area contributed by atoms with Gasteiger partial charge in [0.1, 0.15) is 11.6 Å². The fraction of sp³-hybridized carbons (Fsp3) is 0.400. The molecule has 0 amide bonds. The van der Waals surface area contributed by atoms with Crippen LogP contribution in [0.5, 0.6) is 5.75 Å². The molecule has 1 aromatic rings. The third kappa shape index (κ3) is 9.28. The van der Waals surface area contributed by atoms with Crippen molar-refractivity contribution in [3.63, 3.8) is 0 Å². The second-order valence-corrected chi connectivity index (χ2v) is 4.09. The highest BCUT2D eigenvalue weighted by atomic mass is 127. The van der Waals surface area contributed by atoms with Crippen molar-refractivity contribution in [3.05, 3.63) is 42.7 Å². The monoisotopic (exact) mass is 407 g/mol. The Morgan fingerprint density at radius 2 is 2.05 bits per heavy atom. The lowest BCUT2D eigenvalue weighted by atomic mass is 10.3. The number of hydrogen-bond donors (Lipinski definition) is 2. The molecule has 0 aliphatic rings. The molecule has 21 heavy (non-hydrogen) atoms. The van der Waals surface area contributed by atoms with Gasteiger partial charge < -0.3 is 15.4 Å². The van der Waals surface area contributed by atoms with E-state index < -0.39 is 0 Å². The van der Waals surface area contributed by atoms with Crippen LogP contribution in [0.3, 0.4) is 0 Å². The van der Waals surface area contributed by atoms with Crippen LogP contribution in [0, 0.1) is 5.82 Å². The smallest absolute Gasteiger partial charge is 0.191 e. The van der Waals surface area contributed by atoms with Crippen LogP contribution in [0.25, 0.3) is 0 Å². The molecular weight excluding hydrogens is 384 g/mol. The maximum atomic E-state index is 12.7. The molecule has 0 atom stereocenters. The van der Waals surface area contributed by atoms with Gasteiger partial charge in [0, 0.05) is 26.1 Å². The lowest BCUT2D eigenvalue weighted by Crippen LogP contribution is -2.37. The van der Waals surface area contributed by atoms with E-state index >= 15 is 0 Å². The number of benzene rings is 1. The molecule has 4 nitrogen and oxygen atoms in total. The topological polar surface area (TPSA) is 45.7 Å². The maximum Gasteiger partial charge on any atom is 0.191 e. The van der Waals surface area contributed by atoms with Gasteiger partial charge in [-0.2, -0.15) is 0 Å². The van der Waals surface area contributed by atoms with Gasteiger partial charge in [0.15, 0.2) is 5.96 Å². The highest BCUT2D eigenvalue weighted by Crippen LogP contribution is 2.10. The molecule has 0 aromatic heterocycles.